The number of nitrogens with one attached hydrogen (secondary N) is 1. The van der Waals surface area contributed by atoms with Gasteiger partial charge in [0.2, 0.25) is 0 Å². The van der Waals surface area contributed by atoms with E-state index in [1.165, 1.54) is 13.1 Å². The molecular formula is C24H19FN4O3. The summed E-state index contributed by atoms with van der Waals surface area (Å²) in [5.41, 5.74) is 1.97. The number of carbonyl (C=O) groups excluding carboxylic acids is 1. The topological polar surface area (TPSA) is 86.1 Å². The number of carbonyl (C=O) groups is 1. The Morgan fingerprint density at radius 3 is 2.75 bits per heavy atom. The number of benzene rings is 2. The van der Waals surface area contributed by atoms with E-state index in [1.54, 1.807) is 36.5 Å². The van der Waals surface area contributed by atoms with Gasteiger partial charge in [-0.2, -0.15) is 5.10 Å². The number of nitrogens with zero attached hydrogens (tertiary/aromatic N) is 3. The summed E-state index contributed by atoms with van der Waals surface area (Å²) in [5.74, 6) is -0.677. The third kappa shape index (κ3) is 3.49. The molecule has 0 spiro atoms. The van der Waals surface area contributed by atoms with Crippen molar-refractivity contribution >= 4 is 16.7 Å². The van der Waals surface area contributed by atoms with Gasteiger partial charge in [-0.25, -0.2) is 9.07 Å². The molecule has 0 radical (unpaired) electrons. The highest BCUT2D eigenvalue weighted by atomic mass is 19.1. The molecule has 1 N–H and O–H groups in total. The first-order chi connectivity index (χ1) is 15.5. The van der Waals surface area contributed by atoms with Crippen LogP contribution in [0.15, 0.2) is 65.6 Å². The van der Waals surface area contributed by atoms with Gasteiger partial charge in [0.25, 0.3) is 11.5 Å². The Kier molecular flexibility index (Phi) is 4.89. The van der Waals surface area contributed by atoms with Gasteiger partial charge in [-0.3, -0.25) is 14.6 Å². The summed E-state index contributed by atoms with van der Waals surface area (Å²) < 4.78 is 21.6. The Balaban J connectivity index is 1.34. The van der Waals surface area contributed by atoms with E-state index in [-0.39, 0.29) is 23.5 Å². The van der Waals surface area contributed by atoms with Crippen molar-refractivity contribution in [1.29, 1.82) is 0 Å². The molecule has 4 aromatic rings. The van der Waals surface area contributed by atoms with Crippen LogP contribution in [0.2, 0.25) is 0 Å². The number of rotatable bonds is 4. The molecule has 0 saturated heterocycles. The first-order valence-corrected chi connectivity index (χ1v) is 10.2. The van der Waals surface area contributed by atoms with Crippen molar-refractivity contribution in [2.45, 2.75) is 12.5 Å². The predicted octanol–water partition coefficient (Wildman–Crippen LogP) is 2.87. The highest BCUT2D eigenvalue weighted by Crippen LogP contribution is 2.35. The number of aryl methyl sites for hydroxylation is 1. The lowest BCUT2D eigenvalue weighted by Crippen LogP contribution is -2.36. The van der Waals surface area contributed by atoms with Gasteiger partial charge in [-0.15, -0.1) is 0 Å². The van der Waals surface area contributed by atoms with E-state index in [0.29, 0.717) is 28.5 Å². The van der Waals surface area contributed by atoms with E-state index >= 15 is 0 Å². The molecule has 1 aliphatic rings. The van der Waals surface area contributed by atoms with E-state index in [0.717, 1.165) is 10.2 Å². The number of hydrogen-bond donors (Lipinski definition) is 1. The van der Waals surface area contributed by atoms with Crippen molar-refractivity contribution in [1.82, 2.24) is 20.1 Å². The van der Waals surface area contributed by atoms with Gasteiger partial charge >= 0.3 is 0 Å². The van der Waals surface area contributed by atoms with Crippen LogP contribution >= 0.6 is 0 Å². The van der Waals surface area contributed by atoms with Gasteiger partial charge in [-0.1, -0.05) is 24.3 Å². The molecule has 32 heavy (non-hydrogen) atoms. The molecular weight excluding hydrogens is 411 g/mol. The zero-order valence-electron chi connectivity index (χ0n) is 17.2. The SMILES string of the molecule is Cn1nc(C(=O)NC[C@@H]2Cc3cc(-c4ccccn4)cc(F)c3O2)c2ccccc2c1=O. The van der Waals surface area contributed by atoms with E-state index in [2.05, 4.69) is 15.4 Å². The minimum absolute atomic E-state index is 0.154. The average Bonchev–Trinajstić information content (AvgIpc) is 3.24. The second-order valence-corrected chi connectivity index (χ2v) is 7.64. The number of ether oxygens (including phenoxy) is 1. The lowest BCUT2D eigenvalue weighted by Gasteiger charge is -2.13. The second-order valence-electron chi connectivity index (χ2n) is 7.64. The van der Waals surface area contributed by atoms with Crippen molar-refractivity contribution in [3.8, 4) is 17.0 Å². The van der Waals surface area contributed by atoms with Crippen LogP contribution in [-0.2, 0) is 13.5 Å². The van der Waals surface area contributed by atoms with Crippen LogP contribution in [0.5, 0.6) is 5.75 Å². The molecule has 3 heterocycles. The highest BCUT2D eigenvalue weighted by molar-refractivity contribution is 6.04. The molecule has 0 aliphatic carbocycles. The van der Waals surface area contributed by atoms with Crippen LogP contribution in [0.3, 0.4) is 0 Å². The van der Waals surface area contributed by atoms with Crippen molar-refractivity contribution in [2.24, 2.45) is 7.05 Å². The molecule has 1 amide bonds. The molecule has 5 rings (SSSR count). The lowest BCUT2D eigenvalue weighted by atomic mass is 10.0. The lowest BCUT2D eigenvalue weighted by molar-refractivity contribution is 0.0927. The van der Waals surface area contributed by atoms with Gasteiger partial charge < -0.3 is 10.1 Å². The summed E-state index contributed by atoms with van der Waals surface area (Å²) in [6.07, 6.45) is 1.70. The quantitative estimate of drug-likeness (QED) is 0.538. The summed E-state index contributed by atoms with van der Waals surface area (Å²) in [6.45, 7) is 0.171. The molecule has 1 atom stereocenters. The fourth-order valence-corrected chi connectivity index (χ4v) is 3.94. The predicted molar refractivity (Wildman–Crippen MR) is 117 cm³/mol. The van der Waals surface area contributed by atoms with E-state index in [4.69, 9.17) is 4.74 Å². The normalized spacial score (nSPS) is 14.8. The van der Waals surface area contributed by atoms with Crippen LogP contribution in [0.25, 0.3) is 22.0 Å². The molecule has 1 aliphatic heterocycles. The third-order valence-electron chi connectivity index (χ3n) is 5.48. The second kappa shape index (κ2) is 7.88. The maximum Gasteiger partial charge on any atom is 0.274 e. The zero-order valence-corrected chi connectivity index (χ0v) is 17.2. The number of aromatic nitrogens is 3. The van der Waals surface area contributed by atoms with Crippen LogP contribution in [0.1, 0.15) is 16.1 Å². The van der Waals surface area contributed by atoms with E-state index in [9.17, 15) is 14.0 Å². The van der Waals surface area contributed by atoms with Gasteiger partial charge in [0.15, 0.2) is 17.3 Å². The summed E-state index contributed by atoms with van der Waals surface area (Å²) in [7, 11) is 1.50. The summed E-state index contributed by atoms with van der Waals surface area (Å²) in [5, 5.41) is 7.83. The minimum Gasteiger partial charge on any atom is -0.485 e. The smallest absolute Gasteiger partial charge is 0.274 e. The van der Waals surface area contributed by atoms with Crippen molar-refractivity contribution < 1.29 is 13.9 Å². The number of amides is 1. The van der Waals surface area contributed by atoms with E-state index < -0.39 is 17.8 Å². The minimum atomic E-state index is -0.456. The van der Waals surface area contributed by atoms with Crippen molar-refractivity contribution in [2.75, 3.05) is 6.54 Å². The number of fused-ring (bicyclic) bond motifs is 2. The number of pyridine rings is 1. The molecule has 0 bridgehead atoms. The maximum absolute atomic E-state index is 14.6. The molecule has 0 saturated carbocycles. The summed E-state index contributed by atoms with van der Waals surface area (Å²) in [6, 6.07) is 15.6. The summed E-state index contributed by atoms with van der Waals surface area (Å²) >= 11 is 0. The Morgan fingerprint density at radius 1 is 1.19 bits per heavy atom. The molecule has 7 nitrogen and oxygen atoms in total. The fraction of sp³-hybridized carbons (Fsp3) is 0.167. The average molecular weight is 430 g/mol. The molecule has 0 fully saturated rings. The number of hydrogen-bond acceptors (Lipinski definition) is 5. The van der Waals surface area contributed by atoms with Gasteiger partial charge in [0.1, 0.15) is 6.10 Å². The maximum atomic E-state index is 14.6. The Morgan fingerprint density at radius 2 is 1.97 bits per heavy atom. The third-order valence-corrected chi connectivity index (χ3v) is 5.48. The van der Waals surface area contributed by atoms with Crippen LogP contribution in [-0.4, -0.2) is 33.3 Å². The van der Waals surface area contributed by atoms with E-state index in [1.807, 2.05) is 18.2 Å². The first kappa shape index (κ1) is 19.9. The Hall–Kier alpha value is -4.07. The number of halogens is 1. The Bertz CT molecular complexity index is 1400. The van der Waals surface area contributed by atoms with Crippen LogP contribution in [0, 0.1) is 5.82 Å². The van der Waals surface area contributed by atoms with Gasteiger partial charge in [0, 0.05) is 36.2 Å². The van der Waals surface area contributed by atoms with Gasteiger partial charge in [0.05, 0.1) is 17.6 Å². The molecule has 160 valence electrons. The molecule has 8 heteroatoms. The standard InChI is InChI=1S/C24H19FN4O3/c1-29-24(31)18-7-3-2-6-17(18)21(28-29)23(30)27-13-16-11-15-10-14(12-19(25)22(15)32-16)20-8-4-5-9-26-20/h2-10,12,16H,11,13H2,1H3,(H,27,30)/t16-/m0/s1. The molecule has 0 unspecified atom stereocenters. The fourth-order valence-electron chi connectivity index (χ4n) is 3.94. The highest BCUT2D eigenvalue weighted by Gasteiger charge is 2.28. The van der Waals surface area contributed by atoms with Crippen LogP contribution in [0.4, 0.5) is 4.39 Å². The first-order valence-electron chi connectivity index (χ1n) is 10.2. The Labute approximate surface area is 182 Å². The van der Waals surface area contributed by atoms with Crippen molar-refractivity contribution in [3.63, 3.8) is 0 Å². The zero-order chi connectivity index (χ0) is 22.2. The van der Waals surface area contributed by atoms with Crippen molar-refractivity contribution in [3.05, 3.63) is 88.2 Å². The van der Waals surface area contributed by atoms with Gasteiger partial charge in [-0.05, 0) is 30.3 Å². The summed E-state index contributed by atoms with van der Waals surface area (Å²) in [4.78, 5) is 29.4. The largest absolute Gasteiger partial charge is 0.485 e. The molecule has 2 aromatic carbocycles. The van der Waals surface area contributed by atoms with Crippen LogP contribution < -0.4 is 15.6 Å². The monoisotopic (exact) mass is 430 g/mol. The molecule has 2 aromatic heterocycles.